The lowest BCUT2D eigenvalue weighted by molar-refractivity contribution is 0.0696. The number of fused-ring (bicyclic) bond motifs is 1. The fraction of sp³-hybridized carbons (Fsp3) is 0.385. The van der Waals surface area contributed by atoms with Crippen LogP contribution >= 0.6 is 11.6 Å². The number of alkyl halides is 1. The number of halogens is 1. The number of carboxylic acids is 1. The SMILES string of the molecule is COc1cc(C(=O)O)cc2c1nc(CCl)n2C(C)C. The highest BCUT2D eigenvalue weighted by molar-refractivity contribution is 6.17. The fourth-order valence-electron chi connectivity index (χ4n) is 2.16. The first-order chi connectivity index (χ1) is 8.99. The van der Waals surface area contributed by atoms with Crippen LogP contribution in [0.15, 0.2) is 12.1 Å². The van der Waals surface area contributed by atoms with Crippen molar-refractivity contribution in [2.45, 2.75) is 25.8 Å². The number of benzene rings is 1. The minimum atomic E-state index is -0.996. The Morgan fingerprint density at radius 3 is 2.68 bits per heavy atom. The molecular formula is C13H15ClN2O3. The Morgan fingerprint density at radius 2 is 2.21 bits per heavy atom. The highest BCUT2D eigenvalue weighted by Gasteiger charge is 2.18. The van der Waals surface area contributed by atoms with Crippen LogP contribution in [0.3, 0.4) is 0 Å². The van der Waals surface area contributed by atoms with Crippen LogP contribution in [0.2, 0.25) is 0 Å². The Bertz CT molecular complexity index is 634. The van der Waals surface area contributed by atoms with Crippen molar-refractivity contribution in [1.82, 2.24) is 9.55 Å². The van der Waals surface area contributed by atoms with E-state index in [-0.39, 0.29) is 17.5 Å². The summed E-state index contributed by atoms with van der Waals surface area (Å²) < 4.78 is 7.16. The molecule has 1 heterocycles. The summed E-state index contributed by atoms with van der Waals surface area (Å²) in [4.78, 5) is 15.6. The van der Waals surface area contributed by atoms with Crippen LogP contribution in [0.1, 0.15) is 36.1 Å². The van der Waals surface area contributed by atoms with Gasteiger partial charge in [-0.15, -0.1) is 11.6 Å². The summed E-state index contributed by atoms with van der Waals surface area (Å²) in [5.74, 6) is 0.413. The Balaban J connectivity index is 2.85. The molecule has 0 aliphatic rings. The van der Waals surface area contributed by atoms with Crippen molar-refractivity contribution in [3.05, 3.63) is 23.5 Å². The number of carbonyl (C=O) groups is 1. The number of rotatable bonds is 4. The molecule has 0 amide bonds. The largest absolute Gasteiger partial charge is 0.494 e. The van der Waals surface area contributed by atoms with Crippen LogP contribution in [-0.2, 0) is 5.88 Å². The number of carboxylic acid groups (broad SMARTS) is 1. The van der Waals surface area contributed by atoms with Crippen LogP contribution in [0.5, 0.6) is 5.75 Å². The lowest BCUT2D eigenvalue weighted by atomic mass is 10.1. The van der Waals surface area contributed by atoms with Gasteiger partial charge in [0.05, 0.1) is 24.1 Å². The molecular weight excluding hydrogens is 268 g/mol. The monoisotopic (exact) mass is 282 g/mol. The van der Waals surface area contributed by atoms with Gasteiger partial charge in [-0.25, -0.2) is 9.78 Å². The Hall–Kier alpha value is -1.75. The van der Waals surface area contributed by atoms with Crippen molar-refractivity contribution in [2.75, 3.05) is 7.11 Å². The highest BCUT2D eigenvalue weighted by Crippen LogP contribution is 2.30. The summed E-state index contributed by atoms with van der Waals surface area (Å²) in [6.45, 7) is 3.99. The molecule has 0 aliphatic heterocycles. The molecule has 0 saturated heterocycles. The number of aromatic carboxylic acids is 1. The molecule has 0 atom stereocenters. The topological polar surface area (TPSA) is 64.3 Å². The standard InChI is InChI=1S/C13H15ClN2O3/c1-7(2)16-9-4-8(13(17)18)5-10(19-3)12(9)15-11(16)6-14/h4-5,7H,6H2,1-3H3,(H,17,18). The molecule has 5 nitrogen and oxygen atoms in total. The summed E-state index contributed by atoms with van der Waals surface area (Å²) in [6.07, 6.45) is 0. The summed E-state index contributed by atoms with van der Waals surface area (Å²) in [5.41, 5.74) is 1.53. The summed E-state index contributed by atoms with van der Waals surface area (Å²) in [7, 11) is 1.50. The van der Waals surface area contributed by atoms with E-state index in [1.165, 1.54) is 13.2 Å². The maximum absolute atomic E-state index is 11.2. The van der Waals surface area contributed by atoms with Gasteiger partial charge < -0.3 is 14.4 Å². The molecule has 0 spiro atoms. The molecule has 0 aliphatic carbocycles. The van der Waals surface area contributed by atoms with Crippen LogP contribution < -0.4 is 4.74 Å². The molecule has 0 unspecified atom stereocenters. The van der Waals surface area contributed by atoms with Crippen LogP contribution in [0.25, 0.3) is 11.0 Å². The Morgan fingerprint density at radius 1 is 1.53 bits per heavy atom. The van der Waals surface area contributed by atoms with Gasteiger partial charge in [-0.3, -0.25) is 0 Å². The zero-order valence-electron chi connectivity index (χ0n) is 11.0. The van der Waals surface area contributed by atoms with E-state index >= 15 is 0 Å². The predicted octanol–water partition coefficient (Wildman–Crippen LogP) is 3.06. The zero-order valence-corrected chi connectivity index (χ0v) is 11.7. The van der Waals surface area contributed by atoms with Crippen molar-refractivity contribution < 1.29 is 14.6 Å². The van der Waals surface area contributed by atoms with Gasteiger partial charge in [0, 0.05) is 6.04 Å². The third-order valence-corrected chi connectivity index (χ3v) is 3.18. The van der Waals surface area contributed by atoms with Crippen molar-refractivity contribution >= 4 is 28.6 Å². The van der Waals surface area contributed by atoms with Gasteiger partial charge in [-0.05, 0) is 26.0 Å². The Kier molecular flexibility index (Phi) is 3.66. The van der Waals surface area contributed by atoms with E-state index in [0.717, 1.165) is 5.52 Å². The van der Waals surface area contributed by atoms with Gasteiger partial charge in [0.25, 0.3) is 0 Å². The fourth-order valence-corrected chi connectivity index (χ4v) is 2.35. The van der Waals surface area contributed by atoms with E-state index in [4.69, 9.17) is 21.4 Å². The van der Waals surface area contributed by atoms with Gasteiger partial charge in [0.1, 0.15) is 17.1 Å². The maximum atomic E-state index is 11.2. The van der Waals surface area contributed by atoms with Gasteiger partial charge in [-0.2, -0.15) is 0 Å². The average molecular weight is 283 g/mol. The van der Waals surface area contributed by atoms with E-state index in [1.54, 1.807) is 6.07 Å². The predicted molar refractivity (Wildman–Crippen MR) is 73.2 cm³/mol. The van der Waals surface area contributed by atoms with E-state index in [2.05, 4.69) is 4.98 Å². The molecule has 6 heteroatoms. The van der Waals surface area contributed by atoms with Crippen LogP contribution in [-0.4, -0.2) is 27.7 Å². The summed E-state index contributed by atoms with van der Waals surface area (Å²) in [5, 5.41) is 9.15. The second kappa shape index (κ2) is 5.09. The van der Waals surface area contributed by atoms with E-state index in [1.807, 2.05) is 18.4 Å². The summed E-state index contributed by atoms with van der Waals surface area (Å²) >= 11 is 5.91. The number of ether oxygens (including phenoxy) is 1. The molecule has 2 aromatic rings. The minimum Gasteiger partial charge on any atom is -0.494 e. The first kappa shape index (κ1) is 13.7. The summed E-state index contributed by atoms with van der Waals surface area (Å²) in [6, 6.07) is 3.20. The molecule has 1 aromatic heterocycles. The molecule has 2 rings (SSSR count). The van der Waals surface area contributed by atoms with E-state index in [9.17, 15) is 4.79 Å². The zero-order chi connectivity index (χ0) is 14.2. The molecule has 0 fully saturated rings. The minimum absolute atomic E-state index is 0.132. The second-order valence-electron chi connectivity index (χ2n) is 4.48. The normalized spacial score (nSPS) is 11.2. The Labute approximate surface area is 115 Å². The molecule has 19 heavy (non-hydrogen) atoms. The van der Waals surface area contributed by atoms with Crippen LogP contribution in [0.4, 0.5) is 0 Å². The lowest BCUT2D eigenvalue weighted by Gasteiger charge is -2.12. The number of hydrogen-bond acceptors (Lipinski definition) is 3. The molecule has 0 radical (unpaired) electrons. The van der Waals surface area contributed by atoms with Gasteiger partial charge in [0.2, 0.25) is 0 Å². The van der Waals surface area contributed by atoms with E-state index in [0.29, 0.717) is 17.1 Å². The smallest absolute Gasteiger partial charge is 0.335 e. The molecule has 0 saturated carbocycles. The molecule has 0 bridgehead atoms. The number of hydrogen-bond donors (Lipinski definition) is 1. The van der Waals surface area contributed by atoms with E-state index < -0.39 is 5.97 Å². The molecule has 1 aromatic carbocycles. The number of imidazole rings is 1. The second-order valence-corrected chi connectivity index (χ2v) is 4.74. The van der Waals surface area contributed by atoms with Crippen molar-refractivity contribution in [1.29, 1.82) is 0 Å². The van der Waals surface area contributed by atoms with Crippen LogP contribution in [0, 0.1) is 0 Å². The van der Waals surface area contributed by atoms with Gasteiger partial charge in [0.15, 0.2) is 0 Å². The average Bonchev–Trinajstić information content (AvgIpc) is 2.75. The quantitative estimate of drug-likeness (QED) is 0.875. The molecule has 1 N–H and O–H groups in total. The third-order valence-electron chi connectivity index (χ3n) is 2.94. The maximum Gasteiger partial charge on any atom is 0.335 e. The first-order valence-corrected chi connectivity index (χ1v) is 6.41. The van der Waals surface area contributed by atoms with Crippen molar-refractivity contribution in [3.63, 3.8) is 0 Å². The lowest BCUT2D eigenvalue weighted by Crippen LogP contribution is -2.05. The first-order valence-electron chi connectivity index (χ1n) is 5.87. The molecule has 102 valence electrons. The number of nitrogens with zero attached hydrogens (tertiary/aromatic N) is 2. The van der Waals surface area contributed by atoms with Gasteiger partial charge in [-0.1, -0.05) is 0 Å². The number of methoxy groups -OCH3 is 1. The van der Waals surface area contributed by atoms with Crippen molar-refractivity contribution in [2.24, 2.45) is 0 Å². The number of aromatic nitrogens is 2. The third kappa shape index (κ3) is 2.26. The highest BCUT2D eigenvalue weighted by atomic mass is 35.5. The van der Waals surface area contributed by atoms with Crippen molar-refractivity contribution in [3.8, 4) is 5.75 Å². The van der Waals surface area contributed by atoms with Gasteiger partial charge >= 0.3 is 5.97 Å².